The highest BCUT2D eigenvalue weighted by atomic mass is 15.1. The van der Waals surface area contributed by atoms with Gasteiger partial charge in [-0.1, -0.05) is 244 Å². The zero-order chi connectivity index (χ0) is 45.5. The molecule has 65 heavy (non-hydrogen) atoms. The first-order chi connectivity index (χ1) is 31.1. The number of fused-ring (bicyclic) bond motifs is 1. The van der Waals surface area contributed by atoms with E-state index in [1.54, 1.807) is 0 Å². The maximum Gasteiger partial charge on any atom is 0.0543 e. The molecule has 0 aliphatic heterocycles. The van der Waals surface area contributed by atoms with E-state index in [0.717, 1.165) is 17.1 Å². The molecule has 0 heterocycles. The number of benzene rings is 9. The Morgan fingerprint density at radius 3 is 1.29 bits per heavy atom. The van der Waals surface area contributed by atoms with E-state index in [1.807, 2.05) is 0 Å². The highest BCUT2D eigenvalue weighted by molar-refractivity contribution is 6.09. The molecule has 0 unspecified atom stereocenters. The van der Waals surface area contributed by atoms with Crippen LogP contribution in [0.3, 0.4) is 0 Å². The predicted octanol–water partition coefficient (Wildman–Crippen LogP) is 18.5. The number of anilines is 3. The summed E-state index contributed by atoms with van der Waals surface area (Å²) < 4.78 is 0. The minimum absolute atomic E-state index is 0.00423. The Kier molecular flexibility index (Phi) is 11.5. The van der Waals surface area contributed by atoms with Crippen LogP contribution in [0.15, 0.2) is 206 Å². The van der Waals surface area contributed by atoms with Gasteiger partial charge in [0.1, 0.15) is 0 Å². The third kappa shape index (κ3) is 8.94. The van der Waals surface area contributed by atoms with Gasteiger partial charge in [0.15, 0.2) is 0 Å². The molecule has 0 atom stereocenters. The van der Waals surface area contributed by atoms with Gasteiger partial charge in [-0.3, -0.25) is 0 Å². The van der Waals surface area contributed by atoms with Crippen LogP contribution in [0, 0.1) is 0 Å². The molecule has 0 saturated heterocycles. The van der Waals surface area contributed by atoms with Crippen LogP contribution in [0.5, 0.6) is 0 Å². The van der Waals surface area contributed by atoms with Crippen LogP contribution in [0.2, 0.25) is 0 Å². The Morgan fingerprint density at radius 1 is 0.277 bits per heavy atom. The zero-order valence-electron chi connectivity index (χ0n) is 39.6. The van der Waals surface area contributed by atoms with E-state index in [0.29, 0.717) is 0 Å². The second kappa shape index (κ2) is 17.2. The summed E-state index contributed by atoms with van der Waals surface area (Å²) >= 11 is 0. The number of nitrogens with zero attached hydrogens (tertiary/aromatic N) is 1. The van der Waals surface area contributed by atoms with Crippen LogP contribution in [0.4, 0.5) is 17.1 Å². The third-order valence-corrected chi connectivity index (χ3v) is 13.0. The van der Waals surface area contributed by atoms with Crippen molar-refractivity contribution < 1.29 is 0 Å². The fourth-order valence-electron chi connectivity index (χ4n) is 9.09. The van der Waals surface area contributed by atoms with Gasteiger partial charge in [0.25, 0.3) is 0 Å². The second-order valence-electron chi connectivity index (χ2n) is 20.7. The standard InChI is InChI=1S/C64H61N/c1-62(2,3)51-36-39-55(48-22-14-11-15-23-48)60(43-51)65(54-37-34-47(35-38-54)46-32-30-45(31-33-46)44-20-12-10-13-21-44)59-29-17-16-26-57(59)58-28-19-25-49-24-18-27-56(61(49)58)50-40-52(63(4,5)6)42-53(41-50)64(7,8)9/h10-43H,1-9H3. The van der Waals surface area contributed by atoms with Gasteiger partial charge < -0.3 is 4.90 Å². The first kappa shape index (κ1) is 43.3. The molecule has 0 aliphatic rings. The normalized spacial score (nSPS) is 12.1. The average Bonchev–Trinajstić information content (AvgIpc) is 3.31. The van der Waals surface area contributed by atoms with E-state index in [-0.39, 0.29) is 16.2 Å². The molecule has 1 heteroatoms. The lowest BCUT2D eigenvalue weighted by Crippen LogP contribution is -2.16. The summed E-state index contributed by atoms with van der Waals surface area (Å²) in [5.74, 6) is 0. The summed E-state index contributed by atoms with van der Waals surface area (Å²) in [6, 6.07) is 76.6. The Balaban J connectivity index is 1.27. The summed E-state index contributed by atoms with van der Waals surface area (Å²) in [4.78, 5) is 2.51. The molecular weight excluding hydrogens is 783 g/mol. The van der Waals surface area contributed by atoms with Crippen LogP contribution < -0.4 is 4.90 Å². The van der Waals surface area contributed by atoms with Gasteiger partial charge in [-0.2, -0.15) is 0 Å². The molecular formula is C64H61N. The van der Waals surface area contributed by atoms with Crippen molar-refractivity contribution in [3.8, 4) is 55.6 Å². The Bertz CT molecular complexity index is 3060. The van der Waals surface area contributed by atoms with Crippen molar-refractivity contribution in [1.82, 2.24) is 0 Å². The SMILES string of the molecule is CC(C)(C)c1cc(-c2cccc3cccc(-c4ccccc4N(c4ccc(-c5ccc(-c6ccccc6)cc5)cc4)c4cc(C(C)(C)C)ccc4-c4ccccc4)c23)cc(C(C)(C)C)c1. The van der Waals surface area contributed by atoms with Gasteiger partial charge in [-0.15, -0.1) is 0 Å². The van der Waals surface area contributed by atoms with Crippen molar-refractivity contribution in [1.29, 1.82) is 0 Å². The van der Waals surface area contributed by atoms with Gasteiger partial charge in [-0.25, -0.2) is 0 Å². The Labute approximate surface area is 388 Å². The molecule has 9 rings (SSSR count). The lowest BCUT2D eigenvalue weighted by atomic mass is 9.78. The molecule has 0 amide bonds. The van der Waals surface area contributed by atoms with Crippen molar-refractivity contribution >= 4 is 27.8 Å². The fraction of sp³-hybridized carbons (Fsp3) is 0.188. The molecule has 0 aliphatic carbocycles. The lowest BCUT2D eigenvalue weighted by Gasteiger charge is -2.32. The molecule has 0 saturated carbocycles. The topological polar surface area (TPSA) is 3.24 Å². The van der Waals surface area contributed by atoms with Crippen molar-refractivity contribution in [3.05, 3.63) is 223 Å². The van der Waals surface area contributed by atoms with E-state index in [2.05, 4.69) is 273 Å². The molecule has 9 aromatic carbocycles. The first-order valence-corrected chi connectivity index (χ1v) is 23.2. The maximum absolute atomic E-state index is 2.51. The lowest BCUT2D eigenvalue weighted by molar-refractivity contribution is 0.569. The molecule has 0 bridgehead atoms. The van der Waals surface area contributed by atoms with Gasteiger partial charge in [0, 0.05) is 16.8 Å². The molecule has 0 fully saturated rings. The Morgan fingerprint density at radius 2 is 0.738 bits per heavy atom. The number of rotatable bonds is 8. The zero-order valence-corrected chi connectivity index (χ0v) is 39.6. The molecule has 1 nitrogen and oxygen atoms in total. The molecule has 9 aromatic rings. The van der Waals surface area contributed by atoms with Gasteiger partial charge in [-0.05, 0) is 112 Å². The first-order valence-electron chi connectivity index (χ1n) is 23.2. The molecule has 0 N–H and O–H groups in total. The third-order valence-electron chi connectivity index (χ3n) is 13.0. The average molecular weight is 844 g/mol. The number of hydrogen-bond acceptors (Lipinski definition) is 1. The highest BCUT2D eigenvalue weighted by Crippen LogP contribution is 2.49. The Hall–Kier alpha value is -6.96. The van der Waals surface area contributed by atoms with Gasteiger partial charge >= 0.3 is 0 Å². The van der Waals surface area contributed by atoms with Gasteiger partial charge in [0.05, 0.1) is 11.4 Å². The van der Waals surface area contributed by atoms with E-state index < -0.39 is 0 Å². The number of para-hydroxylation sites is 1. The molecule has 0 aromatic heterocycles. The van der Waals surface area contributed by atoms with Crippen LogP contribution >= 0.6 is 0 Å². The largest absolute Gasteiger partial charge is 0.309 e. The monoisotopic (exact) mass is 843 g/mol. The summed E-state index contributed by atoms with van der Waals surface area (Å²) in [7, 11) is 0. The fourth-order valence-corrected chi connectivity index (χ4v) is 9.09. The molecule has 0 radical (unpaired) electrons. The van der Waals surface area contributed by atoms with Crippen LogP contribution in [-0.4, -0.2) is 0 Å². The van der Waals surface area contributed by atoms with E-state index >= 15 is 0 Å². The second-order valence-corrected chi connectivity index (χ2v) is 20.7. The summed E-state index contributed by atoms with van der Waals surface area (Å²) in [6.07, 6.45) is 0. The summed E-state index contributed by atoms with van der Waals surface area (Å²) in [6.45, 7) is 20.9. The van der Waals surface area contributed by atoms with Crippen molar-refractivity contribution in [2.24, 2.45) is 0 Å². The highest BCUT2D eigenvalue weighted by Gasteiger charge is 2.26. The van der Waals surface area contributed by atoms with E-state index in [1.165, 1.54) is 83.1 Å². The number of hydrogen-bond donors (Lipinski definition) is 0. The minimum atomic E-state index is -0.0665. The van der Waals surface area contributed by atoms with Crippen LogP contribution in [0.1, 0.15) is 79.0 Å². The molecule has 322 valence electrons. The van der Waals surface area contributed by atoms with Crippen LogP contribution in [-0.2, 0) is 16.2 Å². The maximum atomic E-state index is 2.51. The van der Waals surface area contributed by atoms with Gasteiger partial charge in [0.2, 0.25) is 0 Å². The summed E-state index contributed by atoms with van der Waals surface area (Å²) in [5, 5.41) is 2.48. The minimum Gasteiger partial charge on any atom is -0.309 e. The van der Waals surface area contributed by atoms with Crippen molar-refractivity contribution in [2.75, 3.05) is 4.90 Å². The quantitative estimate of drug-likeness (QED) is 0.147. The van der Waals surface area contributed by atoms with Crippen LogP contribution in [0.25, 0.3) is 66.4 Å². The molecule has 0 spiro atoms. The van der Waals surface area contributed by atoms with E-state index in [4.69, 9.17) is 0 Å². The van der Waals surface area contributed by atoms with E-state index in [9.17, 15) is 0 Å². The van der Waals surface area contributed by atoms with Crippen molar-refractivity contribution in [2.45, 2.75) is 78.6 Å². The van der Waals surface area contributed by atoms with Crippen molar-refractivity contribution in [3.63, 3.8) is 0 Å². The smallest absolute Gasteiger partial charge is 0.0543 e. The predicted molar refractivity (Wildman–Crippen MR) is 282 cm³/mol. The summed E-state index contributed by atoms with van der Waals surface area (Å²) in [5.41, 5.74) is 19.3.